The second-order valence-electron chi connectivity index (χ2n) is 4.87. The van der Waals surface area contributed by atoms with Gasteiger partial charge in [-0.1, -0.05) is 22.0 Å². The van der Waals surface area contributed by atoms with Gasteiger partial charge in [0.2, 0.25) is 0 Å². The number of halogens is 1. The first-order valence-electron chi connectivity index (χ1n) is 6.78. The molecular weight excluding hydrogens is 368 g/mol. The molecule has 2 aromatic rings. The molecule has 0 aliphatic carbocycles. The summed E-state index contributed by atoms with van der Waals surface area (Å²) in [7, 11) is 3.37. The number of thioether (sulfide) groups is 1. The number of methoxy groups -OCH3 is 2. The van der Waals surface area contributed by atoms with Crippen molar-refractivity contribution in [3.05, 3.63) is 45.1 Å². The highest BCUT2D eigenvalue weighted by molar-refractivity contribution is 9.09. The van der Waals surface area contributed by atoms with Gasteiger partial charge in [-0.2, -0.15) is 11.8 Å². The third-order valence-corrected chi connectivity index (χ3v) is 7.21. The zero-order chi connectivity index (χ0) is 14.8. The fourth-order valence-corrected chi connectivity index (χ4v) is 5.64. The van der Waals surface area contributed by atoms with Crippen LogP contribution in [-0.2, 0) is 12.2 Å². The highest BCUT2D eigenvalue weighted by Crippen LogP contribution is 2.43. The lowest BCUT2D eigenvalue weighted by molar-refractivity contribution is 0.391. The third kappa shape index (κ3) is 3.10. The summed E-state index contributed by atoms with van der Waals surface area (Å²) in [6.07, 6.45) is 1.20. The van der Waals surface area contributed by atoms with Gasteiger partial charge in [-0.05, 0) is 29.9 Å². The normalized spacial score (nSPS) is 15.4. The number of alkyl halides is 1. The predicted octanol–water partition coefficient (Wildman–Crippen LogP) is 5.04. The molecule has 0 fully saturated rings. The SMILES string of the molecule is COc1ccc(C(Br)c2cc3c(s2)CCSC3)c(OC)c1. The zero-order valence-electron chi connectivity index (χ0n) is 12.0. The number of hydrogen-bond donors (Lipinski definition) is 0. The molecule has 1 aromatic carbocycles. The fourth-order valence-electron chi connectivity index (χ4n) is 2.48. The Bertz CT molecular complexity index is 616. The first kappa shape index (κ1) is 15.3. The molecule has 0 spiro atoms. The van der Waals surface area contributed by atoms with Gasteiger partial charge in [0.25, 0.3) is 0 Å². The van der Waals surface area contributed by atoms with Crippen LogP contribution in [-0.4, -0.2) is 20.0 Å². The topological polar surface area (TPSA) is 18.5 Å². The van der Waals surface area contributed by atoms with Gasteiger partial charge in [0, 0.05) is 27.1 Å². The first-order chi connectivity index (χ1) is 10.2. The van der Waals surface area contributed by atoms with Crippen molar-refractivity contribution in [2.45, 2.75) is 17.0 Å². The van der Waals surface area contributed by atoms with Gasteiger partial charge < -0.3 is 9.47 Å². The van der Waals surface area contributed by atoms with Crippen LogP contribution in [0.3, 0.4) is 0 Å². The lowest BCUT2D eigenvalue weighted by Gasteiger charge is -2.14. The van der Waals surface area contributed by atoms with Gasteiger partial charge >= 0.3 is 0 Å². The van der Waals surface area contributed by atoms with Gasteiger partial charge in [-0.25, -0.2) is 0 Å². The van der Waals surface area contributed by atoms with E-state index in [1.807, 2.05) is 35.2 Å². The number of fused-ring (bicyclic) bond motifs is 1. The van der Waals surface area contributed by atoms with Crippen molar-refractivity contribution in [3.63, 3.8) is 0 Å². The number of ether oxygens (including phenoxy) is 2. The van der Waals surface area contributed by atoms with Crippen molar-refractivity contribution in [1.82, 2.24) is 0 Å². The van der Waals surface area contributed by atoms with Crippen molar-refractivity contribution in [2.24, 2.45) is 0 Å². The summed E-state index contributed by atoms with van der Waals surface area (Å²) in [6.45, 7) is 0. The summed E-state index contributed by atoms with van der Waals surface area (Å²) >= 11 is 7.78. The molecule has 112 valence electrons. The molecule has 21 heavy (non-hydrogen) atoms. The second-order valence-corrected chi connectivity index (χ2v) is 8.06. The largest absolute Gasteiger partial charge is 0.497 e. The standard InChI is InChI=1S/C16H17BrO2S2/c1-18-11-3-4-12(13(8-11)19-2)16(17)15-7-10-9-20-6-5-14(10)21-15/h3-4,7-8,16H,5-6,9H2,1-2H3. The Morgan fingerprint density at radius 1 is 1.19 bits per heavy atom. The summed E-state index contributed by atoms with van der Waals surface area (Å²) in [5, 5.41) is 0. The van der Waals surface area contributed by atoms with Crippen LogP contribution in [0.25, 0.3) is 0 Å². The van der Waals surface area contributed by atoms with Gasteiger partial charge in [0.1, 0.15) is 11.5 Å². The Morgan fingerprint density at radius 3 is 2.76 bits per heavy atom. The highest BCUT2D eigenvalue weighted by atomic mass is 79.9. The van der Waals surface area contributed by atoms with E-state index >= 15 is 0 Å². The number of rotatable bonds is 4. The molecule has 0 bridgehead atoms. The van der Waals surface area contributed by atoms with E-state index in [0.717, 1.165) is 22.8 Å². The Morgan fingerprint density at radius 2 is 2.05 bits per heavy atom. The van der Waals surface area contributed by atoms with Crippen LogP contribution in [0.4, 0.5) is 0 Å². The highest BCUT2D eigenvalue weighted by Gasteiger charge is 2.21. The summed E-state index contributed by atoms with van der Waals surface area (Å²) in [6, 6.07) is 8.34. The first-order valence-corrected chi connectivity index (χ1v) is 9.67. The fraction of sp³-hybridized carbons (Fsp3) is 0.375. The van der Waals surface area contributed by atoms with Crippen LogP contribution in [0.5, 0.6) is 11.5 Å². The number of benzene rings is 1. The molecule has 0 radical (unpaired) electrons. The Balaban J connectivity index is 1.94. The molecule has 0 saturated carbocycles. The van der Waals surface area contributed by atoms with E-state index in [9.17, 15) is 0 Å². The van der Waals surface area contributed by atoms with Crippen molar-refractivity contribution < 1.29 is 9.47 Å². The van der Waals surface area contributed by atoms with E-state index in [0.29, 0.717) is 0 Å². The van der Waals surface area contributed by atoms with Crippen molar-refractivity contribution in [2.75, 3.05) is 20.0 Å². The molecule has 1 atom stereocenters. The van der Waals surface area contributed by atoms with Crippen LogP contribution < -0.4 is 9.47 Å². The quantitative estimate of drug-likeness (QED) is 0.687. The third-order valence-electron chi connectivity index (χ3n) is 3.61. The minimum absolute atomic E-state index is 0.166. The lowest BCUT2D eigenvalue weighted by Crippen LogP contribution is -1.96. The molecule has 2 nitrogen and oxygen atoms in total. The van der Waals surface area contributed by atoms with E-state index < -0.39 is 0 Å². The van der Waals surface area contributed by atoms with Gasteiger partial charge in [-0.15, -0.1) is 11.3 Å². The Kier molecular flexibility index (Phi) is 4.82. The number of thiophene rings is 1. The molecule has 1 aliphatic rings. The molecule has 3 rings (SSSR count). The summed E-state index contributed by atoms with van der Waals surface area (Å²) in [5.74, 6) is 4.06. The summed E-state index contributed by atoms with van der Waals surface area (Å²) in [4.78, 5) is 3.06. The van der Waals surface area contributed by atoms with Crippen molar-refractivity contribution >= 4 is 39.0 Å². The number of aryl methyl sites for hydroxylation is 1. The molecular formula is C16H17BrO2S2. The van der Waals surface area contributed by atoms with Crippen LogP contribution >= 0.6 is 39.0 Å². The zero-order valence-corrected chi connectivity index (χ0v) is 15.2. The van der Waals surface area contributed by atoms with Gasteiger partial charge in [0.15, 0.2) is 0 Å². The molecule has 1 aromatic heterocycles. The Labute approximate surface area is 142 Å². The summed E-state index contributed by atoms with van der Waals surface area (Å²) in [5.41, 5.74) is 2.65. The van der Waals surface area contributed by atoms with Crippen LogP contribution in [0, 0.1) is 0 Å². The van der Waals surface area contributed by atoms with E-state index in [2.05, 4.69) is 28.1 Å². The maximum atomic E-state index is 5.52. The Hall–Kier alpha value is -0.650. The average Bonchev–Trinajstić information content (AvgIpc) is 2.97. The minimum Gasteiger partial charge on any atom is -0.497 e. The monoisotopic (exact) mass is 384 g/mol. The van der Waals surface area contributed by atoms with E-state index in [1.165, 1.54) is 22.6 Å². The molecule has 5 heteroatoms. The molecule has 1 aliphatic heterocycles. The van der Waals surface area contributed by atoms with Crippen LogP contribution in [0.1, 0.15) is 25.7 Å². The number of hydrogen-bond acceptors (Lipinski definition) is 4. The molecule has 0 saturated heterocycles. The second kappa shape index (κ2) is 6.63. The maximum Gasteiger partial charge on any atom is 0.127 e. The lowest BCUT2D eigenvalue weighted by atomic mass is 10.1. The van der Waals surface area contributed by atoms with E-state index in [1.54, 1.807) is 19.1 Å². The van der Waals surface area contributed by atoms with E-state index in [4.69, 9.17) is 9.47 Å². The van der Waals surface area contributed by atoms with Crippen LogP contribution in [0.15, 0.2) is 24.3 Å². The van der Waals surface area contributed by atoms with E-state index in [-0.39, 0.29) is 4.83 Å². The van der Waals surface area contributed by atoms with Crippen LogP contribution in [0.2, 0.25) is 0 Å². The van der Waals surface area contributed by atoms with Crippen molar-refractivity contribution in [1.29, 1.82) is 0 Å². The smallest absolute Gasteiger partial charge is 0.127 e. The van der Waals surface area contributed by atoms with Gasteiger partial charge in [-0.3, -0.25) is 0 Å². The van der Waals surface area contributed by atoms with Gasteiger partial charge in [0.05, 0.1) is 19.0 Å². The molecule has 0 amide bonds. The summed E-state index contributed by atoms with van der Waals surface area (Å²) < 4.78 is 10.8. The van der Waals surface area contributed by atoms with Crippen molar-refractivity contribution in [3.8, 4) is 11.5 Å². The predicted molar refractivity (Wildman–Crippen MR) is 94.5 cm³/mol. The minimum atomic E-state index is 0.166. The molecule has 0 N–H and O–H groups in total. The average molecular weight is 385 g/mol. The molecule has 1 unspecified atom stereocenters. The molecule has 2 heterocycles. The maximum absolute atomic E-state index is 5.52.